The maximum atomic E-state index is 12.9. The fourth-order valence-corrected chi connectivity index (χ4v) is 4.81. The van der Waals surface area contributed by atoms with Gasteiger partial charge in [0, 0.05) is 25.8 Å². The Morgan fingerprint density at radius 2 is 1.92 bits per heavy atom. The highest BCUT2D eigenvalue weighted by molar-refractivity contribution is 5.83. The molecule has 2 aliphatic rings. The second-order valence-corrected chi connectivity index (χ2v) is 9.67. The highest BCUT2D eigenvalue weighted by Gasteiger charge is 2.46. The summed E-state index contributed by atoms with van der Waals surface area (Å²) in [5.41, 5.74) is 1.05. The molecule has 0 saturated carbocycles. The average molecular weight is 529 g/mol. The number of ether oxygens (including phenoxy) is 4. The molecule has 38 heavy (non-hydrogen) atoms. The molecule has 1 spiro atoms. The lowest BCUT2D eigenvalue weighted by atomic mass is 9.92. The van der Waals surface area contributed by atoms with Gasteiger partial charge in [-0.3, -0.25) is 4.79 Å². The van der Waals surface area contributed by atoms with E-state index in [1.807, 2.05) is 30.3 Å². The number of carbonyl (C=O) groups excluding carboxylic acids is 3. The zero-order chi connectivity index (χ0) is 26.8. The van der Waals surface area contributed by atoms with Crippen LogP contribution in [0.1, 0.15) is 50.4 Å². The molecular formula is C28H36N2O8. The Morgan fingerprint density at radius 1 is 1.11 bits per heavy atom. The average Bonchev–Trinajstić information content (AvgIpc) is 3.40. The molecular weight excluding hydrogens is 492 g/mol. The SMILES string of the molecule is CCNC(=O)N[C@@H](Cc1ccco1)C(=O)OC[C@H]1CCC[C@@]2(CC(=O)C[C@H](COCc3ccccc3)O2)O1. The predicted octanol–water partition coefficient (Wildman–Crippen LogP) is 3.28. The number of amides is 2. The lowest BCUT2D eigenvalue weighted by molar-refractivity contribution is -0.313. The molecule has 1 aromatic heterocycles. The van der Waals surface area contributed by atoms with Crippen LogP contribution in [0, 0.1) is 0 Å². The van der Waals surface area contributed by atoms with Crippen LogP contribution in [-0.2, 0) is 41.6 Å². The third kappa shape index (κ3) is 8.14. The standard InChI is InChI=1S/C28H36N2O8/c1-2-29-27(33)30-25(15-22-11-7-13-35-22)26(32)36-19-23-10-6-12-28(37-23)16-21(31)14-24(38-28)18-34-17-20-8-4-3-5-9-20/h3-5,7-9,11,13,23-25H,2,6,10,12,14-19H2,1H3,(H2,29,30,33)/t23-,24-,25+,28-/m1/s1. The highest BCUT2D eigenvalue weighted by atomic mass is 16.7. The molecule has 10 nitrogen and oxygen atoms in total. The number of rotatable bonds is 11. The summed E-state index contributed by atoms with van der Waals surface area (Å²) in [6, 6.07) is 11.9. The maximum Gasteiger partial charge on any atom is 0.329 e. The molecule has 2 aromatic rings. The smallest absolute Gasteiger partial charge is 0.329 e. The normalized spacial score (nSPS) is 24.1. The van der Waals surface area contributed by atoms with Crippen molar-refractivity contribution < 1.29 is 37.7 Å². The molecule has 3 heterocycles. The van der Waals surface area contributed by atoms with Crippen LogP contribution in [0.2, 0.25) is 0 Å². The van der Waals surface area contributed by atoms with Crippen LogP contribution in [0.5, 0.6) is 0 Å². The van der Waals surface area contributed by atoms with Gasteiger partial charge in [-0.05, 0) is 37.5 Å². The van der Waals surface area contributed by atoms with E-state index in [4.69, 9.17) is 23.4 Å². The van der Waals surface area contributed by atoms with Gasteiger partial charge in [0.05, 0.1) is 38.1 Å². The minimum Gasteiger partial charge on any atom is -0.469 e. The summed E-state index contributed by atoms with van der Waals surface area (Å²) in [5, 5.41) is 5.25. The number of hydrogen-bond donors (Lipinski definition) is 2. The van der Waals surface area contributed by atoms with E-state index >= 15 is 0 Å². The number of carbonyl (C=O) groups is 3. The minimum atomic E-state index is -1.04. The number of urea groups is 1. The minimum absolute atomic E-state index is 0.0148. The number of nitrogens with one attached hydrogen (secondary N) is 2. The number of esters is 1. The molecule has 0 unspecified atom stereocenters. The first-order chi connectivity index (χ1) is 18.4. The van der Waals surface area contributed by atoms with Crippen LogP contribution in [0.3, 0.4) is 0 Å². The molecule has 0 aliphatic carbocycles. The first-order valence-electron chi connectivity index (χ1n) is 13.2. The van der Waals surface area contributed by atoms with Gasteiger partial charge in [0.1, 0.15) is 24.2 Å². The van der Waals surface area contributed by atoms with Gasteiger partial charge < -0.3 is 34.0 Å². The third-order valence-corrected chi connectivity index (χ3v) is 6.51. The summed E-state index contributed by atoms with van der Waals surface area (Å²) >= 11 is 0. The Labute approximate surface area is 222 Å². The lowest BCUT2D eigenvalue weighted by Crippen LogP contribution is -2.53. The Kier molecular flexibility index (Phi) is 9.91. The third-order valence-electron chi connectivity index (χ3n) is 6.51. The molecule has 4 rings (SSSR count). The molecule has 4 atom stereocenters. The molecule has 2 fully saturated rings. The Morgan fingerprint density at radius 3 is 2.68 bits per heavy atom. The predicted molar refractivity (Wildman–Crippen MR) is 136 cm³/mol. The Bertz CT molecular complexity index is 1040. The number of ketones is 1. The van der Waals surface area contributed by atoms with Crippen molar-refractivity contribution in [3.8, 4) is 0 Å². The first kappa shape index (κ1) is 27.8. The summed E-state index contributed by atoms with van der Waals surface area (Å²) in [7, 11) is 0. The van der Waals surface area contributed by atoms with E-state index in [-0.39, 0.29) is 38.3 Å². The molecule has 206 valence electrons. The lowest BCUT2D eigenvalue weighted by Gasteiger charge is -2.45. The molecule has 2 saturated heterocycles. The molecule has 2 amide bonds. The van der Waals surface area contributed by atoms with Crippen molar-refractivity contribution in [2.45, 2.75) is 76.1 Å². The van der Waals surface area contributed by atoms with Crippen LogP contribution in [0.4, 0.5) is 4.79 Å². The van der Waals surface area contributed by atoms with E-state index in [1.165, 1.54) is 6.26 Å². The first-order valence-corrected chi connectivity index (χ1v) is 13.2. The largest absolute Gasteiger partial charge is 0.469 e. The van der Waals surface area contributed by atoms with E-state index in [9.17, 15) is 14.4 Å². The summed E-state index contributed by atoms with van der Waals surface area (Å²) < 4.78 is 29.2. The summed E-state index contributed by atoms with van der Waals surface area (Å²) in [6.45, 7) is 2.91. The molecule has 2 aliphatic heterocycles. The molecule has 1 aromatic carbocycles. The molecule has 10 heteroatoms. The fraction of sp³-hybridized carbons (Fsp3) is 0.536. The summed E-state index contributed by atoms with van der Waals surface area (Å²) in [5.74, 6) is -1.03. The van der Waals surface area contributed by atoms with Crippen molar-refractivity contribution in [2.75, 3.05) is 19.8 Å². The van der Waals surface area contributed by atoms with Gasteiger partial charge in [0.25, 0.3) is 0 Å². The van der Waals surface area contributed by atoms with Crippen LogP contribution in [0.25, 0.3) is 0 Å². The van der Waals surface area contributed by atoms with E-state index in [1.54, 1.807) is 19.1 Å². The van der Waals surface area contributed by atoms with Crippen molar-refractivity contribution in [3.63, 3.8) is 0 Å². The zero-order valence-electron chi connectivity index (χ0n) is 21.7. The number of furan rings is 1. The summed E-state index contributed by atoms with van der Waals surface area (Å²) in [4.78, 5) is 37.6. The van der Waals surface area contributed by atoms with Gasteiger partial charge in [-0.15, -0.1) is 0 Å². The van der Waals surface area contributed by atoms with Gasteiger partial charge in [0.2, 0.25) is 0 Å². The van der Waals surface area contributed by atoms with Gasteiger partial charge >= 0.3 is 12.0 Å². The van der Waals surface area contributed by atoms with Gasteiger partial charge in [-0.25, -0.2) is 9.59 Å². The fourth-order valence-electron chi connectivity index (χ4n) is 4.81. The van der Waals surface area contributed by atoms with E-state index < -0.39 is 36.0 Å². The Hall–Kier alpha value is -3.21. The van der Waals surface area contributed by atoms with Crippen LogP contribution in [0.15, 0.2) is 53.1 Å². The van der Waals surface area contributed by atoms with Crippen molar-refractivity contribution in [1.82, 2.24) is 10.6 Å². The van der Waals surface area contributed by atoms with Crippen molar-refractivity contribution in [1.29, 1.82) is 0 Å². The molecule has 0 bridgehead atoms. The molecule has 2 N–H and O–H groups in total. The Balaban J connectivity index is 1.29. The second kappa shape index (κ2) is 13.5. The summed E-state index contributed by atoms with van der Waals surface area (Å²) in [6.07, 6.45) is 3.27. The number of hydrogen-bond acceptors (Lipinski definition) is 8. The van der Waals surface area contributed by atoms with Gasteiger partial charge in [0.15, 0.2) is 5.79 Å². The monoisotopic (exact) mass is 528 g/mol. The van der Waals surface area contributed by atoms with Crippen LogP contribution < -0.4 is 10.6 Å². The molecule has 0 radical (unpaired) electrons. The highest BCUT2D eigenvalue weighted by Crippen LogP contribution is 2.38. The van der Waals surface area contributed by atoms with Crippen LogP contribution >= 0.6 is 0 Å². The van der Waals surface area contributed by atoms with Crippen molar-refractivity contribution in [3.05, 3.63) is 60.1 Å². The van der Waals surface area contributed by atoms with E-state index in [0.29, 0.717) is 31.8 Å². The number of benzene rings is 1. The van der Waals surface area contributed by atoms with Gasteiger partial charge in [-0.2, -0.15) is 0 Å². The topological polar surface area (TPSA) is 125 Å². The van der Waals surface area contributed by atoms with Crippen LogP contribution in [-0.4, -0.2) is 61.6 Å². The quantitative estimate of drug-likeness (QED) is 0.426. The van der Waals surface area contributed by atoms with E-state index in [0.717, 1.165) is 12.0 Å². The zero-order valence-corrected chi connectivity index (χ0v) is 21.7. The van der Waals surface area contributed by atoms with Crippen molar-refractivity contribution >= 4 is 17.8 Å². The second-order valence-electron chi connectivity index (χ2n) is 9.67. The maximum absolute atomic E-state index is 12.9. The van der Waals surface area contributed by atoms with E-state index in [2.05, 4.69) is 10.6 Å². The van der Waals surface area contributed by atoms with Crippen molar-refractivity contribution in [2.24, 2.45) is 0 Å². The van der Waals surface area contributed by atoms with Gasteiger partial charge in [-0.1, -0.05) is 30.3 Å². The number of Topliss-reactive ketones (excluding diaryl/α,β-unsaturated/α-hetero) is 1.